The average Bonchev–Trinajstić information content (AvgIpc) is 2.37. The molecule has 1 aliphatic carbocycles. The first-order chi connectivity index (χ1) is 8.69. The highest BCUT2D eigenvalue weighted by Gasteiger charge is 2.21. The topological polar surface area (TPSA) is 59.9 Å². The first kappa shape index (κ1) is 13.3. The smallest absolute Gasteiger partial charge is 0.322 e. The quantitative estimate of drug-likeness (QED) is 0.912. The van der Waals surface area contributed by atoms with Gasteiger partial charge in [-0.3, -0.25) is 0 Å². The zero-order chi connectivity index (χ0) is 13.0. The van der Waals surface area contributed by atoms with Crippen LogP contribution in [0.2, 0.25) is 5.28 Å². The molecule has 0 aromatic carbocycles. The highest BCUT2D eigenvalue weighted by Crippen LogP contribution is 2.29. The van der Waals surface area contributed by atoms with E-state index in [2.05, 4.69) is 27.2 Å². The third kappa shape index (κ3) is 3.45. The Balaban J connectivity index is 1.94. The van der Waals surface area contributed by atoms with Gasteiger partial charge in [-0.15, -0.1) is 0 Å². The minimum Gasteiger partial charge on any atom is -0.467 e. The largest absolute Gasteiger partial charge is 0.467 e. The molecule has 0 amide bonds. The zero-order valence-corrected chi connectivity index (χ0v) is 11.6. The van der Waals surface area contributed by atoms with Crippen molar-refractivity contribution in [3.05, 3.63) is 5.28 Å². The second kappa shape index (κ2) is 6.18. The summed E-state index contributed by atoms with van der Waals surface area (Å²) in [5, 5.41) is 3.39. The molecule has 0 aliphatic heterocycles. The Bertz CT molecular complexity index is 402. The van der Waals surface area contributed by atoms with Gasteiger partial charge in [0.2, 0.25) is 11.2 Å². The number of hydrogen-bond acceptors (Lipinski definition) is 5. The summed E-state index contributed by atoms with van der Waals surface area (Å²) >= 11 is 5.80. The zero-order valence-electron chi connectivity index (χ0n) is 10.8. The summed E-state index contributed by atoms with van der Waals surface area (Å²) in [5.74, 6) is 1.93. The van der Waals surface area contributed by atoms with Crippen molar-refractivity contribution in [3.63, 3.8) is 0 Å². The average molecular weight is 271 g/mol. The van der Waals surface area contributed by atoms with Crippen LogP contribution < -0.4 is 10.1 Å². The van der Waals surface area contributed by atoms with Gasteiger partial charge in [-0.2, -0.15) is 15.0 Å². The van der Waals surface area contributed by atoms with Crippen molar-refractivity contribution >= 4 is 17.5 Å². The van der Waals surface area contributed by atoms with Gasteiger partial charge in [-0.25, -0.2) is 0 Å². The fourth-order valence-electron chi connectivity index (χ4n) is 2.42. The van der Waals surface area contributed by atoms with E-state index in [0.717, 1.165) is 12.5 Å². The third-order valence-electron chi connectivity index (χ3n) is 3.58. The normalized spacial score (nSPS) is 23.7. The van der Waals surface area contributed by atoms with Gasteiger partial charge in [0.15, 0.2) is 0 Å². The molecular formula is C12H19ClN4O. The molecule has 0 spiro atoms. The number of aromatic nitrogens is 3. The Labute approximate surface area is 112 Å². The molecule has 0 saturated heterocycles. The summed E-state index contributed by atoms with van der Waals surface area (Å²) in [5.41, 5.74) is 0. The lowest BCUT2D eigenvalue weighted by atomic mass is 9.80. The van der Waals surface area contributed by atoms with Crippen LogP contribution in [0.25, 0.3) is 0 Å². The summed E-state index contributed by atoms with van der Waals surface area (Å²) in [6.45, 7) is 3.19. The van der Waals surface area contributed by atoms with Crippen molar-refractivity contribution in [2.75, 3.05) is 19.0 Å². The van der Waals surface area contributed by atoms with E-state index in [1.807, 2.05) is 0 Å². The second-order valence-electron chi connectivity index (χ2n) is 4.82. The minimum atomic E-state index is 0.154. The van der Waals surface area contributed by atoms with Crippen LogP contribution in [-0.4, -0.2) is 28.6 Å². The number of methoxy groups -OCH3 is 1. The van der Waals surface area contributed by atoms with Crippen LogP contribution in [0.4, 0.5) is 5.95 Å². The molecule has 1 saturated carbocycles. The summed E-state index contributed by atoms with van der Waals surface area (Å²) in [6, 6.07) is 0.245. The lowest BCUT2D eigenvalue weighted by molar-refractivity contribution is 0.268. The number of nitrogens with zero attached hydrogens (tertiary/aromatic N) is 3. The molecule has 6 heteroatoms. The number of rotatable bonds is 4. The van der Waals surface area contributed by atoms with E-state index >= 15 is 0 Å². The molecule has 1 aliphatic rings. The van der Waals surface area contributed by atoms with Gasteiger partial charge in [-0.05, 0) is 29.9 Å². The molecule has 18 heavy (non-hydrogen) atoms. The molecule has 2 atom stereocenters. The van der Waals surface area contributed by atoms with Gasteiger partial charge in [0.05, 0.1) is 7.11 Å². The number of hydrogen-bond donors (Lipinski definition) is 1. The Morgan fingerprint density at radius 1 is 1.28 bits per heavy atom. The summed E-state index contributed by atoms with van der Waals surface area (Å²) in [7, 11) is 1.51. The molecule has 1 fully saturated rings. The molecule has 2 unspecified atom stereocenters. The predicted molar refractivity (Wildman–Crippen MR) is 71.0 cm³/mol. The maximum absolute atomic E-state index is 5.80. The van der Waals surface area contributed by atoms with E-state index in [-0.39, 0.29) is 11.3 Å². The van der Waals surface area contributed by atoms with Crippen LogP contribution in [0.5, 0.6) is 6.01 Å². The molecular weight excluding hydrogens is 252 g/mol. The maximum Gasteiger partial charge on any atom is 0.322 e. The van der Waals surface area contributed by atoms with Crippen molar-refractivity contribution in [2.45, 2.75) is 32.6 Å². The fourth-order valence-corrected chi connectivity index (χ4v) is 2.57. The molecule has 0 bridgehead atoms. The van der Waals surface area contributed by atoms with E-state index in [0.29, 0.717) is 11.9 Å². The number of ether oxygens (including phenoxy) is 1. The molecule has 1 aromatic heterocycles. The predicted octanol–water partition coefficient (Wildman–Crippen LogP) is 2.77. The Morgan fingerprint density at radius 2 is 2.06 bits per heavy atom. The second-order valence-corrected chi connectivity index (χ2v) is 5.16. The van der Waals surface area contributed by atoms with Gasteiger partial charge < -0.3 is 10.1 Å². The molecule has 1 N–H and O–H groups in total. The molecule has 100 valence electrons. The molecule has 5 nitrogen and oxygen atoms in total. The van der Waals surface area contributed by atoms with Crippen molar-refractivity contribution in [1.82, 2.24) is 15.0 Å². The summed E-state index contributed by atoms with van der Waals surface area (Å²) < 4.78 is 4.96. The van der Waals surface area contributed by atoms with Gasteiger partial charge in [0.1, 0.15) is 0 Å². The van der Waals surface area contributed by atoms with Crippen LogP contribution >= 0.6 is 11.6 Å². The fraction of sp³-hybridized carbons (Fsp3) is 0.750. The van der Waals surface area contributed by atoms with Crippen molar-refractivity contribution in [1.29, 1.82) is 0 Å². The van der Waals surface area contributed by atoms with Gasteiger partial charge in [0, 0.05) is 6.54 Å². The third-order valence-corrected chi connectivity index (χ3v) is 3.75. The highest BCUT2D eigenvalue weighted by atomic mass is 35.5. The van der Waals surface area contributed by atoms with Crippen LogP contribution in [0.3, 0.4) is 0 Å². The lowest BCUT2D eigenvalue weighted by Crippen LogP contribution is -2.25. The number of nitrogens with one attached hydrogen (secondary N) is 1. The number of anilines is 1. The first-order valence-corrected chi connectivity index (χ1v) is 6.76. The standard InChI is InChI=1S/C12H19ClN4O/c1-8-5-3-4-6-9(8)7-14-11-15-10(13)16-12(17-11)18-2/h8-9H,3-7H2,1-2H3,(H,14,15,16,17). The van der Waals surface area contributed by atoms with Crippen molar-refractivity contribution < 1.29 is 4.74 Å². The summed E-state index contributed by atoms with van der Waals surface area (Å²) in [6.07, 6.45) is 5.25. The highest BCUT2D eigenvalue weighted by molar-refractivity contribution is 6.28. The number of halogens is 1. The first-order valence-electron chi connectivity index (χ1n) is 6.38. The van der Waals surface area contributed by atoms with Gasteiger partial charge in [-0.1, -0.05) is 26.2 Å². The Hall–Kier alpha value is -1.10. The van der Waals surface area contributed by atoms with Crippen LogP contribution in [0.1, 0.15) is 32.6 Å². The monoisotopic (exact) mass is 270 g/mol. The van der Waals surface area contributed by atoms with Crippen molar-refractivity contribution in [2.24, 2.45) is 11.8 Å². The van der Waals surface area contributed by atoms with Gasteiger partial charge >= 0.3 is 6.01 Å². The van der Waals surface area contributed by atoms with Crippen LogP contribution in [-0.2, 0) is 0 Å². The lowest BCUT2D eigenvalue weighted by Gasteiger charge is -2.28. The maximum atomic E-state index is 5.80. The van der Waals surface area contributed by atoms with Crippen LogP contribution in [0, 0.1) is 11.8 Å². The molecule has 2 rings (SSSR count). The van der Waals surface area contributed by atoms with E-state index in [4.69, 9.17) is 16.3 Å². The van der Waals surface area contributed by atoms with E-state index < -0.39 is 0 Å². The van der Waals surface area contributed by atoms with E-state index in [9.17, 15) is 0 Å². The Kier molecular flexibility index (Phi) is 4.58. The molecule has 0 radical (unpaired) electrons. The van der Waals surface area contributed by atoms with Crippen molar-refractivity contribution in [3.8, 4) is 6.01 Å². The molecule has 1 heterocycles. The summed E-state index contributed by atoms with van der Waals surface area (Å²) in [4.78, 5) is 12.0. The van der Waals surface area contributed by atoms with E-state index in [1.54, 1.807) is 0 Å². The Morgan fingerprint density at radius 3 is 2.78 bits per heavy atom. The minimum absolute atomic E-state index is 0.154. The van der Waals surface area contributed by atoms with E-state index in [1.165, 1.54) is 32.8 Å². The van der Waals surface area contributed by atoms with Crippen LogP contribution in [0.15, 0.2) is 0 Å². The molecule has 1 aromatic rings. The SMILES string of the molecule is COc1nc(Cl)nc(NCC2CCCCC2C)n1. The van der Waals surface area contributed by atoms with Gasteiger partial charge in [0.25, 0.3) is 0 Å².